The van der Waals surface area contributed by atoms with Crippen LogP contribution in [-0.4, -0.2) is 29.2 Å². The molecule has 0 aliphatic heterocycles. The molecule has 4 N–H and O–H groups in total. The van der Waals surface area contributed by atoms with Gasteiger partial charge in [-0.2, -0.15) is 0 Å². The quantitative estimate of drug-likeness (QED) is 0.449. The molecule has 0 heterocycles. The number of aliphatic hydroxyl groups is 1. The van der Waals surface area contributed by atoms with Crippen LogP contribution >= 0.6 is 0 Å². The molecule has 0 aromatic carbocycles. The molecule has 0 spiro atoms. The number of amides is 1. The molecule has 1 saturated carbocycles. The summed E-state index contributed by atoms with van der Waals surface area (Å²) in [4.78, 5) is 18.7. The highest BCUT2D eigenvalue weighted by molar-refractivity contribution is 5.77. The Morgan fingerprint density at radius 2 is 2.00 bits per heavy atom. The zero-order valence-electron chi connectivity index (χ0n) is 5.99. The molecule has 1 aliphatic carbocycles. The highest BCUT2D eigenvalue weighted by Gasteiger charge is 2.49. The number of carbonyl (C=O) groups excluding carboxylic acids is 1. The Morgan fingerprint density at radius 3 is 2.00 bits per heavy atom. The first-order valence-corrected chi connectivity index (χ1v) is 3.12. The Kier molecular flexibility index (Phi) is 3.53. The van der Waals surface area contributed by atoms with E-state index in [1.165, 1.54) is 0 Å². The van der Waals surface area contributed by atoms with E-state index in [0.29, 0.717) is 12.8 Å². The van der Waals surface area contributed by atoms with E-state index in [-0.39, 0.29) is 13.0 Å². The number of carbonyl (C=O) groups is 2. The molecule has 0 radical (unpaired) electrons. The van der Waals surface area contributed by atoms with Crippen molar-refractivity contribution in [2.24, 2.45) is 11.1 Å². The highest BCUT2D eigenvalue weighted by atomic mass is 16.4. The molecule has 0 aromatic rings. The number of hydrogen-bond donors (Lipinski definition) is 3. The van der Waals surface area contributed by atoms with Gasteiger partial charge in [-0.25, -0.2) is 0 Å². The number of primary amides is 1. The predicted octanol–water partition coefficient (Wildman–Crippen LogP) is -1.06. The molecular weight excluding hydrogens is 150 g/mol. The van der Waals surface area contributed by atoms with Crippen molar-refractivity contribution in [1.82, 2.24) is 0 Å². The average molecular weight is 161 g/mol. The molecule has 1 amide bonds. The van der Waals surface area contributed by atoms with Gasteiger partial charge in [0.2, 0.25) is 6.41 Å². The normalized spacial score (nSPS) is 17.5. The second kappa shape index (κ2) is 3.92. The lowest BCUT2D eigenvalue weighted by atomic mass is 10.1. The number of rotatable bonds is 2. The van der Waals surface area contributed by atoms with E-state index < -0.39 is 11.4 Å². The summed E-state index contributed by atoms with van der Waals surface area (Å²) in [5.41, 5.74) is 3.43. The lowest BCUT2D eigenvalue weighted by Gasteiger charge is -2.00. The maximum atomic E-state index is 10.2. The number of carboxylic acid groups (broad SMARTS) is 1. The molecule has 5 heteroatoms. The number of nitrogens with two attached hydrogens (primary N) is 1. The summed E-state index contributed by atoms with van der Waals surface area (Å²) in [6.07, 6.45) is 1.53. The molecule has 1 fully saturated rings. The topological polar surface area (TPSA) is 101 Å². The zero-order valence-corrected chi connectivity index (χ0v) is 5.99. The van der Waals surface area contributed by atoms with Gasteiger partial charge in [0, 0.05) is 0 Å². The molecular formula is C6H11NO4. The van der Waals surface area contributed by atoms with Gasteiger partial charge in [0.05, 0.1) is 12.0 Å². The van der Waals surface area contributed by atoms with E-state index in [1.807, 2.05) is 0 Å². The summed E-state index contributed by atoms with van der Waals surface area (Å²) in [6.45, 7) is -0.206. The first-order valence-electron chi connectivity index (χ1n) is 3.12. The number of carboxylic acids is 1. The summed E-state index contributed by atoms with van der Waals surface area (Å²) in [5.74, 6) is -0.861. The predicted molar refractivity (Wildman–Crippen MR) is 36.6 cm³/mol. The standard InChI is InChI=1S/C5H8O3.CH3NO/c6-3-5(1-2-5)4(7)8;2-1-3/h6H,1-3H2,(H,7,8);1H,(H2,2,3). The maximum Gasteiger partial charge on any atom is 0.311 e. The fourth-order valence-electron chi connectivity index (χ4n) is 0.590. The number of aliphatic hydroxyl groups excluding tert-OH is 1. The van der Waals surface area contributed by atoms with Gasteiger partial charge in [0.1, 0.15) is 0 Å². The minimum absolute atomic E-state index is 0.206. The second-order valence-electron chi connectivity index (χ2n) is 2.38. The van der Waals surface area contributed by atoms with E-state index in [1.54, 1.807) is 0 Å². The van der Waals surface area contributed by atoms with Crippen molar-refractivity contribution in [3.8, 4) is 0 Å². The maximum absolute atomic E-state index is 10.2. The molecule has 1 rings (SSSR count). The summed E-state index contributed by atoms with van der Waals surface area (Å²) in [6, 6.07) is 0. The average Bonchev–Trinajstić information content (AvgIpc) is 2.68. The molecule has 11 heavy (non-hydrogen) atoms. The summed E-state index contributed by atoms with van der Waals surface area (Å²) in [7, 11) is 0. The van der Waals surface area contributed by atoms with Gasteiger partial charge in [-0.15, -0.1) is 0 Å². The third-order valence-corrected chi connectivity index (χ3v) is 1.61. The third kappa shape index (κ3) is 2.55. The Balaban J connectivity index is 0.000000292. The number of aliphatic carboxylic acids is 1. The van der Waals surface area contributed by atoms with Crippen LogP contribution in [0, 0.1) is 5.41 Å². The van der Waals surface area contributed by atoms with E-state index in [0.717, 1.165) is 0 Å². The van der Waals surface area contributed by atoms with Crippen LogP contribution in [0.1, 0.15) is 12.8 Å². The van der Waals surface area contributed by atoms with E-state index in [9.17, 15) is 4.79 Å². The lowest BCUT2D eigenvalue weighted by molar-refractivity contribution is -0.144. The van der Waals surface area contributed by atoms with Crippen LogP contribution in [0.2, 0.25) is 0 Å². The molecule has 0 atom stereocenters. The minimum Gasteiger partial charge on any atom is -0.481 e. The van der Waals surface area contributed by atoms with Gasteiger partial charge in [0.15, 0.2) is 0 Å². The van der Waals surface area contributed by atoms with Crippen molar-refractivity contribution in [2.75, 3.05) is 6.61 Å². The zero-order chi connectivity index (χ0) is 8.91. The molecule has 0 saturated heterocycles. The van der Waals surface area contributed by atoms with Gasteiger partial charge in [-0.05, 0) is 12.8 Å². The van der Waals surface area contributed by atoms with Crippen molar-refractivity contribution >= 4 is 12.4 Å². The third-order valence-electron chi connectivity index (χ3n) is 1.61. The largest absolute Gasteiger partial charge is 0.481 e. The summed E-state index contributed by atoms with van der Waals surface area (Å²) < 4.78 is 0. The van der Waals surface area contributed by atoms with Crippen LogP contribution in [0.25, 0.3) is 0 Å². The van der Waals surface area contributed by atoms with Gasteiger partial charge in [-0.3, -0.25) is 9.59 Å². The van der Waals surface area contributed by atoms with Crippen molar-refractivity contribution < 1.29 is 19.8 Å². The van der Waals surface area contributed by atoms with E-state index >= 15 is 0 Å². The van der Waals surface area contributed by atoms with Crippen LogP contribution < -0.4 is 5.73 Å². The van der Waals surface area contributed by atoms with E-state index in [4.69, 9.17) is 15.0 Å². The van der Waals surface area contributed by atoms with Crippen LogP contribution in [0.4, 0.5) is 0 Å². The highest BCUT2D eigenvalue weighted by Crippen LogP contribution is 2.44. The summed E-state index contributed by atoms with van der Waals surface area (Å²) >= 11 is 0. The number of hydrogen-bond acceptors (Lipinski definition) is 3. The van der Waals surface area contributed by atoms with Crippen molar-refractivity contribution in [3.05, 3.63) is 0 Å². The first-order chi connectivity index (χ1) is 5.13. The smallest absolute Gasteiger partial charge is 0.311 e. The Hall–Kier alpha value is -1.10. The van der Waals surface area contributed by atoms with Crippen LogP contribution in [0.5, 0.6) is 0 Å². The molecule has 64 valence electrons. The molecule has 0 bridgehead atoms. The SMILES string of the molecule is NC=O.O=C(O)C1(CO)CC1. The van der Waals surface area contributed by atoms with Gasteiger partial charge >= 0.3 is 5.97 Å². The Labute approximate surface area is 63.8 Å². The Bertz CT molecular complexity index is 153. The first kappa shape index (κ1) is 9.90. The second-order valence-corrected chi connectivity index (χ2v) is 2.38. The van der Waals surface area contributed by atoms with Gasteiger partial charge in [0.25, 0.3) is 0 Å². The fourth-order valence-corrected chi connectivity index (χ4v) is 0.590. The molecule has 0 unspecified atom stereocenters. The minimum atomic E-state index is -0.861. The van der Waals surface area contributed by atoms with Gasteiger partial charge in [-0.1, -0.05) is 0 Å². The fraction of sp³-hybridized carbons (Fsp3) is 0.667. The van der Waals surface area contributed by atoms with Crippen LogP contribution in [-0.2, 0) is 9.59 Å². The molecule has 1 aliphatic rings. The van der Waals surface area contributed by atoms with Crippen LogP contribution in [0.15, 0.2) is 0 Å². The lowest BCUT2D eigenvalue weighted by Crippen LogP contribution is -2.18. The van der Waals surface area contributed by atoms with Gasteiger partial charge < -0.3 is 15.9 Å². The van der Waals surface area contributed by atoms with Crippen molar-refractivity contribution in [2.45, 2.75) is 12.8 Å². The van der Waals surface area contributed by atoms with Crippen molar-refractivity contribution in [1.29, 1.82) is 0 Å². The molecule has 5 nitrogen and oxygen atoms in total. The molecule has 0 aromatic heterocycles. The van der Waals surface area contributed by atoms with Crippen molar-refractivity contribution in [3.63, 3.8) is 0 Å². The monoisotopic (exact) mass is 161 g/mol. The Morgan fingerprint density at radius 1 is 1.64 bits per heavy atom. The summed E-state index contributed by atoms with van der Waals surface area (Å²) in [5, 5.41) is 16.8. The van der Waals surface area contributed by atoms with E-state index in [2.05, 4.69) is 5.73 Å². The van der Waals surface area contributed by atoms with Crippen LogP contribution in [0.3, 0.4) is 0 Å².